The number of nitrogens with one attached hydrogen (secondary N) is 1. The van der Waals surface area contributed by atoms with E-state index in [9.17, 15) is 13.2 Å². The molecule has 0 saturated carbocycles. The third-order valence-corrected chi connectivity index (χ3v) is 3.58. The van der Waals surface area contributed by atoms with E-state index < -0.39 is 17.5 Å². The van der Waals surface area contributed by atoms with Crippen molar-refractivity contribution in [1.82, 2.24) is 10.2 Å². The number of rotatable bonds is 4. The van der Waals surface area contributed by atoms with Gasteiger partial charge < -0.3 is 5.32 Å². The molecule has 0 bridgehead atoms. The van der Waals surface area contributed by atoms with Crippen LogP contribution >= 0.6 is 12.4 Å². The van der Waals surface area contributed by atoms with Gasteiger partial charge in [0, 0.05) is 24.7 Å². The highest BCUT2D eigenvalue weighted by atomic mass is 35.5. The molecule has 1 aromatic rings. The van der Waals surface area contributed by atoms with Crippen LogP contribution in [0.5, 0.6) is 0 Å². The molecule has 1 aliphatic heterocycles. The molecule has 114 valence electrons. The summed E-state index contributed by atoms with van der Waals surface area (Å²) in [7, 11) is 1.91. The lowest BCUT2D eigenvalue weighted by atomic mass is 9.97. The Hall–Kier alpha value is -0.780. The first-order valence-electron chi connectivity index (χ1n) is 6.60. The molecule has 0 aromatic heterocycles. The number of nitrogens with zero attached hydrogens (tertiary/aromatic N) is 1. The van der Waals surface area contributed by atoms with Gasteiger partial charge >= 0.3 is 0 Å². The second-order valence-electron chi connectivity index (χ2n) is 5.16. The summed E-state index contributed by atoms with van der Waals surface area (Å²) in [5.74, 6) is -2.25. The van der Waals surface area contributed by atoms with Gasteiger partial charge in [-0.3, -0.25) is 4.90 Å². The molecule has 0 amide bonds. The van der Waals surface area contributed by atoms with Crippen molar-refractivity contribution < 1.29 is 13.2 Å². The molecule has 1 atom stereocenters. The third kappa shape index (κ3) is 4.36. The van der Waals surface area contributed by atoms with Gasteiger partial charge in [-0.05, 0) is 45.0 Å². The smallest absolute Gasteiger partial charge is 0.161 e. The summed E-state index contributed by atoms with van der Waals surface area (Å²) in [4.78, 5) is 2.10. The zero-order valence-electron chi connectivity index (χ0n) is 11.5. The number of benzene rings is 1. The molecule has 1 N–H and O–H groups in total. The minimum atomic E-state index is -1.13. The van der Waals surface area contributed by atoms with Crippen LogP contribution in [0, 0.1) is 23.4 Å². The maximum absolute atomic E-state index is 13.6. The fourth-order valence-corrected chi connectivity index (χ4v) is 2.68. The maximum Gasteiger partial charge on any atom is 0.161 e. The Balaban J connectivity index is 0.00000200. The first-order chi connectivity index (χ1) is 9.10. The van der Waals surface area contributed by atoms with Crippen LogP contribution < -0.4 is 5.32 Å². The predicted molar refractivity (Wildman–Crippen MR) is 75.5 cm³/mol. The van der Waals surface area contributed by atoms with Crippen molar-refractivity contribution in [3.8, 4) is 0 Å². The molecule has 1 unspecified atom stereocenters. The fraction of sp³-hybridized carbons (Fsp3) is 0.571. The van der Waals surface area contributed by atoms with Crippen LogP contribution in [0.1, 0.15) is 18.4 Å². The van der Waals surface area contributed by atoms with Crippen molar-refractivity contribution in [2.45, 2.75) is 19.4 Å². The van der Waals surface area contributed by atoms with Gasteiger partial charge in [-0.2, -0.15) is 0 Å². The summed E-state index contributed by atoms with van der Waals surface area (Å²) in [5.41, 5.74) is 0.226. The van der Waals surface area contributed by atoms with Gasteiger partial charge in [0.05, 0.1) is 0 Å². The maximum atomic E-state index is 13.6. The van der Waals surface area contributed by atoms with Crippen molar-refractivity contribution in [1.29, 1.82) is 0 Å². The van der Waals surface area contributed by atoms with Crippen molar-refractivity contribution in [3.63, 3.8) is 0 Å². The molecule has 0 aliphatic carbocycles. The Morgan fingerprint density at radius 1 is 1.20 bits per heavy atom. The zero-order chi connectivity index (χ0) is 13.8. The Bertz CT molecular complexity index is 441. The number of hydrogen-bond donors (Lipinski definition) is 1. The van der Waals surface area contributed by atoms with Crippen LogP contribution in [0.15, 0.2) is 12.1 Å². The Kier molecular flexibility index (Phi) is 6.79. The molecular formula is C14H20ClF3N2. The largest absolute Gasteiger partial charge is 0.319 e. The van der Waals surface area contributed by atoms with Crippen molar-refractivity contribution in [3.05, 3.63) is 35.1 Å². The van der Waals surface area contributed by atoms with Crippen LogP contribution in [0.4, 0.5) is 13.2 Å². The van der Waals surface area contributed by atoms with Crippen LogP contribution in [-0.2, 0) is 6.54 Å². The average Bonchev–Trinajstić information content (AvgIpc) is 2.37. The van der Waals surface area contributed by atoms with E-state index >= 15 is 0 Å². The van der Waals surface area contributed by atoms with Gasteiger partial charge in [-0.1, -0.05) is 0 Å². The van der Waals surface area contributed by atoms with E-state index in [1.165, 1.54) is 0 Å². The van der Waals surface area contributed by atoms with E-state index in [0.717, 1.165) is 38.5 Å². The molecule has 1 aromatic carbocycles. The van der Waals surface area contributed by atoms with Gasteiger partial charge in [0.25, 0.3) is 0 Å². The standard InChI is InChI=1S/C14H19F3N2.ClH/c1-18-7-10-3-2-4-19(8-10)9-11-5-13(16)14(17)6-12(11)15;/h5-6,10,18H,2-4,7-9H2,1H3;1H. The number of likely N-dealkylation sites (tertiary alicyclic amines) is 1. The average molecular weight is 309 g/mol. The molecule has 6 heteroatoms. The van der Waals surface area contributed by atoms with Gasteiger partial charge in [-0.15, -0.1) is 12.4 Å². The molecule has 1 heterocycles. The zero-order valence-corrected chi connectivity index (χ0v) is 12.3. The predicted octanol–water partition coefficient (Wildman–Crippen LogP) is 2.96. The third-order valence-electron chi connectivity index (χ3n) is 3.58. The van der Waals surface area contributed by atoms with E-state index in [-0.39, 0.29) is 18.0 Å². The second kappa shape index (κ2) is 7.86. The van der Waals surface area contributed by atoms with E-state index in [0.29, 0.717) is 18.5 Å². The van der Waals surface area contributed by atoms with Gasteiger partial charge in [0.15, 0.2) is 11.6 Å². The molecular weight excluding hydrogens is 289 g/mol. The SMILES string of the molecule is CNCC1CCCN(Cc2cc(F)c(F)cc2F)C1.Cl. The summed E-state index contributed by atoms with van der Waals surface area (Å²) in [6.07, 6.45) is 2.20. The molecule has 1 aliphatic rings. The van der Waals surface area contributed by atoms with Gasteiger partial charge in [0.1, 0.15) is 5.82 Å². The van der Waals surface area contributed by atoms with E-state index in [2.05, 4.69) is 10.2 Å². The molecule has 20 heavy (non-hydrogen) atoms. The van der Waals surface area contributed by atoms with E-state index in [1.54, 1.807) is 0 Å². The monoisotopic (exact) mass is 308 g/mol. The Morgan fingerprint density at radius 2 is 1.90 bits per heavy atom. The highest BCUT2D eigenvalue weighted by Crippen LogP contribution is 2.20. The molecule has 0 spiro atoms. The number of hydrogen-bond acceptors (Lipinski definition) is 2. The Labute approximate surface area is 123 Å². The van der Waals surface area contributed by atoms with Crippen LogP contribution in [-0.4, -0.2) is 31.6 Å². The van der Waals surface area contributed by atoms with E-state index in [4.69, 9.17) is 0 Å². The highest BCUT2D eigenvalue weighted by molar-refractivity contribution is 5.85. The minimum Gasteiger partial charge on any atom is -0.319 e. The lowest BCUT2D eigenvalue weighted by Crippen LogP contribution is -2.38. The lowest BCUT2D eigenvalue weighted by Gasteiger charge is -2.32. The van der Waals surface area contributed by atoms with Crippen LogP contribution in [0.25, 0.3) is 0 Å². The summed E-state index contributed by atoms with van der Waals surface area (Å²) in [6, 6.07) is 1.59. The number of halogens is 4. The first kappa shape index (κ1) is 17.3. The molecule has 2 rings (SSSR count). The number of piperidine rings is 1. The second-order valence-corrected chi connectivity index (χ2v) is 5.16. The molecule has 2 nitrogen and oxygen atoms in total. The topological polar surface area (TPSA) is 15.3 Å². The highest BCUT2D eigenvalue weighted by Gasteiger charge is 2.21. The minimum absolute atomic E-state index is 0. The van der Waals surface area contributed by atoms with Crippen molar-refractivity contribution in [2.24, 2.45) is 5.92 Å². The molecule has 0 radical (unpaired) electrons. The lowest BCUT2D eigenvalue weighted by molar-refractivity contribution is 0.165. The van der Waals surface area contributed by atoms with Gasteiger partial charge in [-0.25, -0.2) is 13.2 Å². The summed E-state index contributed by atoms with van der Waals surface area (Å²) >= 11 is 0. The first-order valence-corrected chi connectivity index (χ1v) is 6.60. The summed E-state index contributed by atoms with van der Waals surface area (Å²) < 4.78 is 39.6. The molecule has 1 saturated heterocycles. The normalized spacial score (nSPS) is 19.7. The molecule has 1 fully saturated rings. The fourth-order valence-electron chi connectivity index (χ4n) is 2.68. The van der Waals surface area contributed by atoms with E-state index in [1.807, 2.05) is 7.05 Å². The summed E-state index contributed by atoms with van der Waals surface area (Å²) in [5, 5.41) is 3.14. The quantitative estimate of drug-likeness (QED) is 0.860. The Morgan fingerprint density at radius 3 is 2.60 bits per heavy atom. The van der Waals surface area contributed by atoms with Crippen molar-refractivity contribution in [2.75, 3.05) is 26.7 Å². The van der Waals surface area contributed by atoms with Crippen LogP contribution in [0.2, 0.25) is 0 Å². The van der Waals surface area contributed by atoms with Gasteiger partial charge in [0.2, 0.25) is 0 Å². The summed E-state index contributed by atoms with van der Waals surface area (Å²) in [6.45, 7) is 3.00. The van der Waals surface area contributed by atoms with Crippen LogP contribution in [0.3, 0.4) is 0 Å². The van der Waals surface area contributed by atoms with Crippen molar-refractivity contribution >= 4 is 12.4 Å².